The largest absolute Gasteiger partial charge is 0.480 e. The minimum absolute atomic E-state index is 0.244. The number of hydrogen-bond acceptors (Lipinski definition) is 3. The highest BCUT2D eigenvalue weighted by Gasteiger charge is 2.35. The average Bonchev–Trinajstić information content (AvgIpc) is 2.88. The van der Waals surface area contributed by atoms with E-state index in [1.807, 2.05) is 0 Å². The number of urea groups is 1. The van der Waals surface area contributed by atoms with Gasteiger partial charge in [0.05, 0.1) is 24.3 Å². The second kappa shape index (κ2) is 6.60. The van der Waals surface area contributed by atoms with Crippen LogP contribution in [0.2, 0.25) is 0 Å². The molecule has 0 fully saturated rings. The van der Waals surface area contributed by atoms with Crippen LogP contribution in [0.4, 0.5) is 4.79 Å². The number of imidazole rings is 1. The van der Waals surface area contributed by atoms with Gasteiger partial charge in [-0.25, -0.2) is 14.6 Å². The summed E-state index contributed by atoms with van der Waals surface area (Å²) in [5.41, 5.74) is 1.54. The minimum Gasteiger partial charge on any atom is -0.480 e. The normalized spacial score (nSPS) is 17.7. The first kappa shape index (κ1) is 15.3. The third kappa shape index (κ3) is 3.74. The van der Waals surface area contributed by atoms with Crippen molar-refractivity contribution in [2.75, 3.05) is 6.54 Å². The molecule has 0 aliphatic carbocycles. The third-order valence-corrected chi connectivity index (χ3v) is 3.68. The predicted molar refractivity (Wildman–Crippen MR) is 76.7 cm³/mol. The van der Waals surface area contributed by atoms with Crippen LogP contribution in [0.15, 0.2) is 6.33 Å². The summed E-state index contributed by atoms with van der Waals surface area (Å²) in [6.07, 6.45) is 3.71. The molecule has 1 unspecified atom stereocenters. The molecule has 2 rings (SSSR count). The number of aromatic nitrogens is 2. The summed E-state index contributed by atoms with van der Waals surface area (Å²) < 4.78 is 0. The van der Waals surface area contributed by atoms with Crippen LogP contribution < -0.4 is 5.32 Å². The van der Waals surface area contributed by atoms with Crippen LogP contribution in [0.5, 0.6) is 0 Å². The number of carbonyl (C=O) groups excluding carboxylic acids is 1. The van der Waals surface area contributed by atoms with E-state index in [4.69, 9.17) is 0 Å². The topological polar surface area (TPSA) is 98.3 Å². The minimum atomic E-state index is -0.999. The van der Waals surface area contributed by atoms with Gasteiger partial charge in [0.2, 0.25) is 0 Å². The number of carboxylic acids is 1. The molecule has 7 heteroatoms. The Morgan fingerprint density at radius 2 is 2.33 bits per heavy atom. The van der Waals surface area contributed by atoms with E-state index in [1.54, 1.807) is 0 Å². The lowest BCUT2D eigenvalue weighted by Crippen LogP contribution is -2.52. The van der Waals surface area contributed by atoms with Crippen molar-refractivity contribution in [1.29, 1.82) is 0 Å². The van der Waals surface area contributed by atoms with Gasteiger partial charge in [-0.05, 0) is 18.8 Å². The second-order valence-electron chi connectivity index (χ2n) is 5.78. The molecule has 3 N–H and O–H groups in total. The Morgan fingerprint density at radius 1 is 1.57 bits per heavy atom. The van der Waals surface area contributed by atoms with E-state index in [-0.39, 0.29) is 19.0 Å². The Kier molecular flexibility index (Phi) is 4.82. The zero-order valence-corrected chi connectivity index (χ0v) is 12.4. The summed E-state index contributed by atoms with van der Waals surface area (Å²) in [6, 6.07) is -1.18. The molecule has 0 aromatic carbocycles. The van der Waals surface area contributed by atoms with E-state index in [2.05, 4.69) is 29.1 Å². The number of nitrogens with one attached hydrogen (secondary N) is 2. The van der Waals surface area contributed by atoms with Gasteiger partial charge in [0.25, 0.3) is 0 Å². The summed E-state index contributed by atoms with van der Waals surface area (Å²) in [5.74, 6) is -0.405. The number of amides is 2. The van der Waals surface area contributed by atoms with Crippen molar-refractivity contribution >= 4 is 12.0 Å². The van der Waals surface area contributed by atoms with Crippen LogP contribution in [0, 0.1) is 5.92 Å². The van der Waals surface area contributed by atoms with E-state index >= 15 is 0 Å². The zero-order valence-electron chi connectivity index (χ0n) is 12.4. The molecule has 0 radical (unpaired) electrons. The standard InChI is InChI=1S/C14H22N4O3/c1-9(2)4-3-5-15-14(21)18-7-11-10(16-8-17-11)6-12(18)13(19)20/h8-9,12H,3-7H2,1-2H3,(H,15,21)(H,16,17)(H,19,20). The van der Waals surface area contributed by atoms with Gasteiger partial charge in [-0.2, -0.15) is 0 Å². The van der Waals surface area contributed by atoms with E-state index in [9.17, 15) is 14.7 Å². The van der Waals surface area contributed by atoms with E-state index < -0.39 is 12.0 Å². The maximum Gasteiger partial charge on any atom is 0.326 e. The lowest BCUT2D eigenvalue weighted by molar-refractivity contribution is -0.142. The predicted octanol–water partition coefficient (Wildman–Crippen LogP) is 1.37. The fraction of sp³-hybridized carbons (Fsp3) is 0.643. The lowest BCUT2D eigenvalue weighted by atomic mass is 10.0. The molecule has 1 aromatic rings. The summed E-state index contributed by atoms with van der Waals surface area (Å²) in [7, 11) is 0. The molecule has 2 amide bonds. The fourth-order valence-electron chi connectivity index (χ4n) is 2.48. The number of carboxylic acid groups (broad SMARTS) is 1. The van der Waals surface area contributed by atoms with Crippen LogP contribution in [0.3, 0.4) is 0 Å². The van der Waals surface area contributed by atoms with Gasteiger partial charge in [-0.1, -0.05) is 13.8 Å². The summed E-state index contributed by atoms with van der Waals surface area (Å²) in [6.45, 7) is 5.08. The van der Waals surface area contributed by atoms with Crippen molar-refractivity contribution in [2.24, 2.45) is 5.92 Å². The Morgan fingerprint density at radius 3 is 3.00 bits per heavy atom. The van der Waals surface area contributed by atoms with Gasteiger partial charge < -0.3 is 20.3 Å². The number of nitrogens with zero attached hydrogens (tertiary/aromatic N) is 2. The Labute approximate surface area is 123 Å². The molecule has 1 aliphatic rings. The third-order valence-electron chi connectivity index (χ3n) is 3.68. The van der Waals surface area contributed by atoms with Crippen molar-refractivity contribution in [1.82, 2.24) is 20.2 Å². The van der Waals surface area contributed by atoms with Crippen LogP contribution in [-0.2, 0) is 17.8 Å². The second-order valence-corrected chi connectivity index (χ2v) is 5.78. The fourth-order valence-corrected chi connectivity index (χ4v) is 2.48. The van der Waals surface area contributed by atoms with Crippen LogP contribution in [0.1, 0.15) is 38.1 Å². The average molecular weight is 294 g/mol. The number of aromatic amines is 1. The zero-order chi connectivity index (χ0) is 15.4. The maximum absolute atomic E-state index is 12.2. The number of rotatable bonds is 5. The molecule has 0 saturated carbocycles. The van der Waals surface area contributed by atoms with Gasteiger partial charge >= 0.3 is 12.0 Å². The SMILES string of the molecule is CC(C)CCCNC(=O)N1Cc2[nH]cnc2CC1C(=O)O. The molecule has 0 bridgehead atoms. The molecule has 0 saturated heterocycles. The molecule has 1 atom stereocenters. The number of hydrogen-bond donors (Lipinski definition) is 3. The van der Waals surface area contributed by atoms with E-state index in [0.717, 1.165) is 24.2 Å². The van der Waals surface area contributed by atoms with Gasteiger partial charge in [0.15, 0.2) is 0 Å². The number of carbonyl (C=O) groups is 2. The molecule has 1 aromatic heterocycles. The van der Waals surface area contributed by atoms with Gasteiger partial charge in [-0.3, -0.25) is 0 Å². The van der Waals surface area contributed by atoms with E-state index in [1.165, 1.54) is 11.2 Å². The van der Waals surface area contributed by atoms with Gasteiger partial charge in [-0.15, -0.1) is 0 Å². The van der Waals surface area contributed by atoms with Crippen LogP contribution in [0.25, 0.3) is 0 Å². The van der Waals surface area contributed by atoms with Crippen molar-refractivity contribution in [3.8, 4) is 0 Å². The molecule has 0 spiro atoms. The molecule has 7 nitrogen and oxygen atoms in total. The van der Waals surface area contributed by atoms with Crippen molar-refractivity contribution < 1.29 is 14.7 Å². The van der Waals surface area contributed by atoms with Gasteiger partial charge in [0.1, 0.15) is 6.04 Å². The number of fused-ring (bicyclic) bond motifs is 1. The lowest BCUT2D eigenvalue weighted by Gasteiger charge is -2.32. The first-order valence-electron chi connectivity index (χ1n) is 7.27. The molecule has 1 aliphatic heterocycles. The molecular weight excluding hydrogens is 272 g/mol. The Hall–Kier alpha value is -2.05. The molecule has 21 heavy (non-hydrogen) atoms. The summed E-state index contributed by atoms with van der Waals surface area (Å²) in [4.78, 5) is 32.0. The Bertz CT molecular complexity index is 512. The number of aliphatic carboxylic acids is 1. The number of H-pyrrole nitrogens is 1. The highest BCUT2D eigenvalue weighted by Crippen LogP contribution is 2.20. The quantitative estimate of drug-likeness (QED) is 0.714. The highest BCUT2D eigenvalue weighted by molar-refractivity contribution is 5.83. The van der Waals surface area contributed by atoms with Crippen molar-refractivity contribution in [3.05, 3.63) is 17.7 Å². The highest BCUT2D eigenvalue weighted by atomic mass is 16.4. The van der Waals surface area contributed by atoms with E-state index in [0.29, 0.717) is 12.5 Å². The van der Waals surface area contributed by atoms with Crippen LogP contribution >= 0.6 is 0 Å². The Balaban J connectivity index is 1.96. The summed E-state index contributed by atoms with van der Waals surface area (Å²) in [5, 5.41) is 12.1. The molecule has 2 heterocycles. The van der Waals surface area contributed by atoms with Gasteiger partial charge in [0, 0.05) is 13.0 Å². The summed E-state index contributed by atoms with van der Waals surface area (Å²) >= 11 is 0. The van der Waals surface area contributed by atoms with Crippen molar-refractivity contribution in [3.63, 3.8) is 0 Å². The van der Waals surface area contributed by atoms with Crippen LogP contribution in [-0.4, -0.2) is 44.6 Å². The monoisotopic (exact) mass is 294 g/mol. The molecular formula is C14H22N4O3. The first-order chi connectivity index (χ1) is 9.99. The first-order valence-corrected chi connectivity index (χ1v) is 7.27. The smallest absolute Gasteiger partial charge is 0.326 e. The molecule has 116 valence electrons. The maximum atomic E-state index is 12.2. The van der Waals surface area contributed by atoms with Crippen molar-refractivity contribution in [2.45, 2.75) is 45.7 Å².